The lowest BCUT2D eigenvalue weighted by Crippen LogP contribution is -2.33. The van der Waals surface area contributed by atoms with Crippen LogP contribution < -0.4 is 15.6 Å². The number of aromatic nitrogens is 2. The Bertz CT molecular complexity index is 1090. The van der Waals surface area contributed by atoms with Crippen LogP contribution in [0.2, 0.25) is 5.02 Å². The largest absolute Gasteiger partial charge is 0.463 e. The minimum absolute atomic E-state index is 0.176. The first-order valence-electron chi connectivity index (χ1n) is 9.28. The first-order chi connectivity index (χ1) is 13.9. The van der Waals surface area contributed by atoms with Crippen molar-refractivity contribution in [1.82, 2.24) is 9.78 Å². The zero-order valence-corrected chi connectivity index (χ0v) is 17.2. The first-order valence-corrected chi connectivity index (χ1v) is 9.66. The molecular weight excluding hydrogens is 390 g/mol. The number of carbonyl (C=O) groups is 1. The Morgan fingerprint density at radius 2 is 1.97 bits per heavy atom. The van der Waals surface area contributed by atoms with Gasteiger partial charge in [0.1, 0.15) is 0 Å². The number of anilines is 1. The van der Waals surface area contributed by atoms with Crippen molar-refractivity contribution in [2.24, 2.45) is 0 Å². The highest BCUT2D eigenvalue weighted by Gasteiger charge is 2.20. The fraction of sp³-hybridized carbons (Fsp3) is 0.227. The maximum atomic E-state index is 12.6. The number of halogens is 1. The molecule has 0 spiro atoms. The van der Waals surface area contributed by atoms with Crippen molar-refractivity contribution in [3.05, 3.63) is 81.1 Å². The first kappa shape index (κ1) is 20.6. The number of ether oxygens (including phenoxy) is 1. The standard InChI is InChI=1S/C22H22ClN3O3/c1-4-19(22(28)24-17-7-5-6-14(2)12-17)29-20-10-11-21(27)26(25-20)18-13-16(23)9-8-15(18)3/h5-13,19H,4H2,1-3H3,(H,24,28)/t19-/m0/s1. The summed E-state index contributed by atoms with van der Waals surface area (Å²) in [4.78, 5) is 25.0. The van der Waals surface area contributed by atoms with Crippen molar-refractivity contribution >= 4 is 23.2 Å². The molecule has 0 bridgehead atoms. The van der Waals surface area contributed by atoms with Crippen LogP contribution in [0.3, 0.4) is 0 Å². The van der Waals surface area contributed by atoms with Crippen molar-refractivity contribution in [2.45, 2.75) is 33.3 Å². The van der Waals surface area contributed by atoms with E-state index in [1.807, 2.05) is 51.1 Å². The zero-order valence-electron chi connectivity index (χ0n) is 16.5. The number of nitrogens with one attached hydrogen (secondary N) is 1. The third kappa shape index (κ3) is 5.03. The van der Waals surface area contributed by atoms with Crippen LogP contribution in [0.4, 0.5) is 5.69 Å². The van der Waals surface area contributed by atoms with Crippen LogP contribution >= 0.6 is 11.6 Å². The second kappa shape index (κ2) is 8.92. The SMILES string of the molecule is CC[C@H](Oc1ccc(=O)n(-c2cc(Cl)ccc2C)n1)C(=O)Nc1cccc(C)c1. The summed E-state index contributed by atoms with van der Waals surface area (Å²) < 4.78 is 7.02. The number of benzene rings is 2. The molecule has 3 rings (SSSR count). The van der Waals surface area contributed by atoms with E-state index in [0.29, 0.717) is 22.8 Å². The molecule has 0 aliphatic heterocycles. The Labute approximate surface area is 174 Å². The predicted octanol–water partition coefficient (Wildman–Crippen LogP) is 4.30. The van der Waals surface area contributed by atoms with E-state index < -0.39 is 6.10 Å². The molecule has 150 valence electrons. The fourth-order valence-electron chi connectivity index (χ4n) is 2.85. The Morgan fingerprint density at radius 1 is 1.17 bits per heavy atom. The minimum Gasteiger partial charge on any atom is -0.463 e. The molecule has 0 fully saturated rings. The second-order valence-electron chi connectivity index (χ2n) is 6.73. The minimum atomic E-state index is -0.755. The molecule has 0 aliphatic rings. The Morgan fingerprint density at radius 3 is 2.69 bits per heavy atom. The van der Waals surface area contributed by atoms with Gasteiger partial charge in [0.2, 0.25) is 5.88 Å². The number of rotatable bonds is 6. The van der Waals surface area contributed by atoms with Crippen molar-refractivity contribution in [1.29, 1.82) is 0 Å². The van der Waals surface area contributed by atoms with Gasteiger partial charge in [-0.1, -0.05) is 36.7 Å². The fourth-order valence-corrected chi connectivity index (χ4v) is 3.02. The van der Waals surface area contributed by atoms with Gasteiger partial charge in [-0.15, -0.1) is 5.10 Å². The number of aryl methyl sites for hydroxylation is 2. The molecule has 2 aromatic carbocycles. The van der Waals surface area contributed by atoms with Crippen LogP contribution in [0, 0.1) is 13.8 Å². The second-order valence-corrected chi connectivity index (χ2v) is 7.16. The van der Waals surface area contributed by atoms with Gasteiger partial charge in [0.05, 0.1) is 5.69 Å². The number of carbonyl (C=O) groups excluding carboxylic acids is 1. The average molecular weight is 412 g/mol. The number of hydrogen-bond donors (Lipinski definition) is 1. The summed E-state index contributed by atoms with van der Waals surface area (Å²) in [6, 6.07) is 15.6. The molecule has 0 aliphatic carbocycles. The van der Waals surface area contributed by atoms with Gasteiger partial charge >= 0.3 is 0 Å². The predicted molar refractivity (Wildman–Crippen MR) is 114 cm³/mol. The van der Waals surface area contributed by atoms with Gasteiger partial charge in [-0.05, 0) is 55.7 Å². The molecule has 0 saturated carbocycles. The van der Waals surface area contributed by atoms with Gasteiger partial charge in [-0.25, -0.2) is 0 Å². The average Bonchev–Trinajstić information content (AvgIpc) is 2.69. The van der Waals surface area contributed by atoms with E-state index in [0.717, 1.165) is 11.1 Å². The molecule has 7 heteroatoms. The molecule has 0 saturated heterocycles. The molecule has 1 amide bonds. The van der Waals surface area contributed by atoms with E-state index >= 15 is 0 Å². The summed E-state index contributed by atoms with van der Waals surface area (Å²) >= 11 is 6.07. The summed E-state index contributed by atoms with van der Waals surface area (Å²) in [7, 11) is 0. The van der Waals surface area contributed by atoms with Crippen LogP contribution in [0.5, 0.6) is 5.88 Å². The highest BCUT2D eigenvalue weighted by Crippen LogP contribution is 2.19. The quantitative estimate of drug-likeness (QED) is 0.656. The van der Waals surface area contributed by atoms with E-state index in [-0.39, 0.29) is 17.3 Å². The molecule has 6 nitrogen and oxygen atoms in total. The molecule has 1 N–H and O–H groups in total. The number of hydrogen-bond acceptors (Lipinski definition) is 4. The third-order valence-electron chi connectivity index (χ3n) is 4.39. The van der Waals surface area contributed by atoms with E-state index in [1.165, 1.54) is 16.8 Å². The number of nitrogens with zero attached hydrogens (tertiary/aromatic N) is 2. The highest BCUT2D eigenvalue weighted by atomic mass is 35.5. The summed E-state index contributed by atoms with van der Waals surface area (Å²) in [6.07, 6.45) is -0.316. The molecule has 29 heavy (non-hydrogen) atoms. The highest BCUT2D eigenvalue weighted by molar-refractivity contribution is 6.30. The van der Waals surface area contributed by atoms with Gasteiger partial charge in [-0.3, -0.25) is 9.59 Å². The van der Waals surface area contributed by atoms with Crippen molar-refractivity contribution in [3.63, 3.8) is 0 Å². The van der Waals surface area contributed by atoms with Gasteiger partial charge in [0, 0.05) is 22.8 Å². The van der Waals surface area contributed by atoms with Crippen LogP contribution in [0.15, 0.2) is 59.4 Å². The van der Waals surface area contributed by atoms with Gasteiger partial charge in [0.25, 0.3) is 11.5 Å². The molecule has 3 aromatic rings. The van der Waals surface area contributed by atoms with Crippen LogP contribution in [0.25, 0.3) is 5.69 Å². The van der Waals surface area contributed by atoms with Crippen molar-refractivity contribution in [3.8, 4) is 11.6 Å². The van der Waals surface area contributed by atoms with Crippen LogP contribution in [-0.4, -0.2) is 21.8 Å². The Hall–Kier alpha value is -3.12. The lowest BCUT2D eigenvalue weighted by Gasteiger charge is -2.17. The lowest BCUT2D eigenvalue weighted by atomic mass is 10.2. The lowest BCUT2D eigenvalue weighted by molar-refractivity contribution is -0.123. The van der Waals surface area contributed by atoms with E-state index in [4.69, 9.17) is 16.3 Å². The third-order valence-corrected chi connectivity index (χ3v) is 4.62. The molecule has 1 atom stereocenters. The zero-order chi connectivity index (χ0) is 21.0. The molecule has 0 radical (unpaired) electrons. The topological polar surface area (TPSA) is 73.2 Å². The van der Waals surface area contributed by atoms with Gasteiger partial charge in [0.15, 0.2) is 6.10 Å². The smallest absolute Gasteiger partial charge is 0.271 e. The summed E-state index contributed by atoms with van der Waals surface area (Å²) in [6.45, 7) is 5.66. The summed E-state index contributed by atoms with van der Waals surface area (Å²) in [5.74, 6) is -0.105. The molecule has 0 unspecified atom stereocenters. The molecular formula is C22H22ClN3O3. The molecule has 1 aromatic heterocycles. The summed E-state index contributed by atoms with van der Waals surface area (Å²) in [5, 5.41) is 7.62. The van der Waals surface area contributed by atoms with Crippen LogP contribution in [-0.2, 0) is 4.79 Å². The maximum Gasteiger partial charge on any atom is 0.271 e. The van der Waals surface area contributed by atoms with E-state index in [2.05, 4.69) is 10.4 Å². The normalized spacial score (nSPS) is 11.7. The Balaban J connectivity index is 1.84. The van der Waals surface area contributed by atoms with Gasteiger partial charge in [-0.2, -0.15) is 4.68 Å². The Kier molecular flexibility index (Phi) is 6.34. The monoisotopic (exact) mass is 411 g/mol. The molecule has 1 heterocycles. The maximum absolute atomic E-state index is 12.6. The van der Waals surface area contributed by atoms with E-state index in [9.17, 15) is 9.59 Å². The number of amides is 1. The summed E-state index contributed by atoms with van der Waals surface area (Å²) in [5.41, 5.74) is 2.82. The van der Waals surface area contributed by atoms with Crippen molar-refractivity contribution < 1.29 is 9.53 Å². The van der Waals surface area contributed by atoms with Crippen LogP contribution in [0.1, 0.15) is 24.5 Å². The van der Waals surface area contributed by atoms with Gasteiger partial charge < -0.3 is 10.1 Å². The van der Waals surface area contributed by atoms with E-state index in [1.54, 1.807) is 12.1 Å². The van der Waals surface area contributed by atoms with Crippen molar-refractivity contribution in [2.75, 3.05) is 5.32 Å².